The van der Waals surface area contributed by atoms with E-state index in [0.717, 1.165) is 11.3 Å². The summed E-state index contributed by atoms with van der Waals surface area (Å²) < 4.78 is 11.1. The Morgan fingerprint density at radius 3 is 2.42 bits per heavy atom. The van der Waals surface area contributed by atoms with Gasteiger partial charge in [-0.15, -0.1) is 0 Å². The van der Waals surface area contributed by atoms with Gasteiger partial charge in [0.25, 0.3) is 0 Å². The van der Waals surface area contributed by atoms with E-state index in [9.17, 15) is 0 Å². The van der Waals surface area contributed by atoms with Gasteiger partial charge in [-0.1, -0.05) is 53.1 Å². The van der Waals surface area contributed by atoms with Gasteiger partial charge in [-0.05, 0) is 47.8 Å². The SMILES string of the molecule is CN=Cc1cc(C)ccc1Pc1cc(C(C)(C)C)cc(C)c1OCOC. The Hall–Kier alpha value is -1.70. The summed E-state index contributed by atoms with van der Waals surface area (Å²) in [5.41, 5.74) is 4.96. The molecular formula is C22H30NO2P. The molecule has 0 radical (unpaired) electrons. The van der Waals surface area contributed by atoms with Crippen LogP contribution in [0.1, 0.15) is 43.0 Å². The number of hydrogen-bond donors (Lipinski definition) is 0. The molecule has 0 aliphatic carbocycles. The van der Waals surface area contributed by atoms with Crippen LogP contribution in [0, 0.1) is 13.8 Å². The van der Waals surface area contributed by atoms with Crippen molar-refractivity contribution in [1.29, 1.82) is 0 Å². The topological polar surface area (TPSA) is 30.8 Å². The Kier molecular flexibility index (Phi) is 6.97. The fourth-order valence-electron chi connectivity index (χ4n) is 2.80. The van der Waals surface area contributed by atoms with Crippen LogP contribution in [0.15, 0.2) is 35.3 Å². The van der Waals surface area contributed by atoms with Gasteiger partial charge in [0.15, 0.2) is 6.79 Å². The number of ether oxygens (including phenoxy) is 2. The largest absolute Gasteiger partial charge is 0.467 e. The average molecular weight is 371 g/mol. The number of aliphatic imine (C=N–C) groups is 1. The van der Waals surface area contributed by atoms with E-state index in [2.05, 4.69) is 69.9 Å². The van der Waals surface area contributed by atoms with Crippen molar-refractivity contribution in [3.63, 3.8) is 0 Å². The summed E-state index contributed by atoms with van der Waals surface area (Å²) in [6.07, 6.45) is 1.94. The highest BCUT2D eigenvalue weighted by molar-refractivity contribution is 7.56. The van der Waals surface area contributed by atoms with Gasteiger partial charge in [0.2, 0.25) is 0 Å². The second-order valence-electron chi connectivity index (χ2n) is 7.57. The molecule has 0 bridgehead atoms. The predicted octanol–water partition coefficient (Wildman–Crippen LogP) is 4.26. The van der Waals surface area contributed by atoms with E-state index in [1.165, 1.54) is 27.3 Å². The monoisotopic (exact) mass is 371 g/mol. The summed E-state index contributed by atoms with van der Waals surface area (Å²) in [7, 11) is 3.95. The molecule has 0 heterocycles. The highest BCUT2D eigenvalue weighted by Gasteiger charge is 2.19. The molecule has 0 fully saturated rings. The first-order chi connectivity index (χ1) is 12.3. The molecule has 0 saturated carbocycles. The zero-order chi connectivity index (χ0) is 19.3. The molecule has 1 unspecified atom stereocenters. The lowest BCUT2D eigenvalue weighted by Crippen LogP contribution is -2.19. The summed E-state index contributed by atoms with van der Waals surface area (Å²) in [6.45, 7) is 11.2. The van der Waals surface area contributed by atoms with Crippen molar-refractivity contribution in [2.45, 2.75) is 40.0 Å². The maximum Gasteiger partial charge on any atom is 0.188 e. The lowest BCUT2D eigenvalue weighted by Gasteiger charge is -2.23. The summed E-state index contributed by atoms with van der Waals surface area (Å²) in [5, 5.41) is 2.48. The van der Waals surface area contributed by atoms with Crippen LogP contribution in [0.4, 0.5) is 0 Å². The number of rotatable bonds is 6. The van der Waals surface area contributed by atoms with E-state index in [1.807, 2.05) is 13.3 Å². The Balaban J connectivity index is 2.54. The number of aryl methyl sites for hydroxylation is 2. The molecule has 4 heteroatoms. The summed E-state index contributed by atoms with van der Waals surface area (Å²) >= 11 is 0. The maximum atomic E-state index is 5.93. The number of benzene rings is 2. The highest BCUT2D eigenvalue weighted by Crippen LogP contribution is 2.31. The van der Waals surface area contributed by atoms with E-state index in [4.69, 9.17) is 9.47 Å². The molecular weight excluding hydrogens is 341 g/mol. The van der Waals surface area contributed by atoms with Gasteiger partial charge in [0, 0.05) is 31.2 Å². The third-order valence-corrected chi connectivity index (χ3v) is 5.57. The van der Waals surface area contributed by atoms with Crippen LogP contribution in [0.2, 0.25) is 0 Å². The van der Waals surface area contributed by atoms with E-state index in [1.54, 1.807) is 7.11 Å². The number of hydrogen-bond acceptors (Lipinski definition) is 3. The molecule has 2 aromatic carbocycles. The first kappa shape index (κ1) is 20.6. The molecule has 0 amide bonds. The normalized spacial score (nSPS) is 12.4. The molecule has 0 aromatic heterocycles. The summed E-state index contributed by atoms with van der Waals surface area (Å²) in [4.78, 5) is 4.22. The van der Waals surface area contributed by atoms with Gasteiger partial charge in [-0.25, -0.2) is 0 Å². The van der Waals surface area contributed by atoms with E-state index >= 15 is 0 Å². The van der Waals surface area contributed by atoms with Crippen LogP contribution in [0.25, 0.3) is 0 Å². The molecule has 2 rings (SSSR count). The predicted molar refractivity (Wildman–Crippen MR) is 115 cm³/mol. The molecule has 0 spiro atoms. The van der Waals surface area contributed by atoms with Crippen molar-refractivity contribution >= 4 is 25.4 Å². The van der Waals surface area contributed by atoms with Crippen LogP contribution < -0.4 is 15.3 Å². The summed E-state index contributed by atoms with van der Waals surface area (Å²) in [6, 6.07) is 11.0. The number of nitrogens with zero attached hydrogens (tertiary/aromatic N) is 1. The van der Waals surface area contributed by atoms with Gasteiger partial charge >= 0.3 is 0 Å². The van der Waals surface area contributed by atoms with Gasteiger partial charge in [0.05, 0.1) is 0 Å². The van der Waals surface area contributed by atoms with Gasteiger partial charge in [0.1, 0.15) is 5.75 Å². The second kappa shape index (κ2) is 8.79. The molecule has 1 atom stereocenters. The Morgan fingerprint density at radius 1 is 1.08 bits per heavy atom. The van der Waals surface area contributed by atoms with E-state index in [0.29, 0.717) is 8.58 Å². The molecule has 0 aliphatic rings. The standard InChI is InChI=1S/C22H30NO2P/c1-15-8-9-19(17(10-15)13-23-6)26-20-12-18(22(3,4)5)11-16(2)21(20)25-14-24-7/h8-13,26H,14H2,1-7H3. The third kappa shape index (κ3) is 5.16. The fraction of sp³-hybridized carbons (Fsp3) is 0.409. The van der Waals surface area contributed by atoms with Crippen LogP contribution in [-0.2, 0) is 10.2 Å². The lowest BCUT2D eigenvalue weighted by atomic mass is 9.86. The minimum atomic E-state index is 0.0881. The average Bonchev–Trinajstić information content (AvgIpc) is 2.55. The van der Waals surface area contributed by atoms with Crippen LogP contribution in [0.5, 0.6) is 5.75 Å². The molecule has 0 aliphatic heterocycles. The smallest absolute Gasteiger partial charge is 0.188 e. The van der Waals surface area contributed by atoms with Gasteiger partial charge in [-0.3, -0.25) is 4.99 Å². The zero-order valence-electron chi connectivity index (χ0n) is 16.9. The Labute approximate surface area is 159 Å². The zero-order valence-corrected chi connectivity index (χ0v) is 17.9. The quantitative estimate of drug-likeness (QED) is 0.432. The minimum Gasteiger partial charge on any atom is -0.467 e. The third-order valence-electron chi connectivity index (χ3n) is 4.21. The van der Waals surface area contributed by atoms with Crippen LogP contribution in [0.3, 0.4) is 0 Å². The van der Waals surface area contributed by atoms with Crippen molar-refractivity contribution in [2.24, 2.45) is 4.99 Å². The van der Waals surface area contributed by atoms with Gasteiger partial charge < -0.3 is 9.47 Å². The molecule has 3 nitrogen and oxygen atoms in total. The Morgan fingerprint density at radius 2 is 1.81 bits per heavy atom. The van der Waals surface area contributed by atoms with Crippen molar-refractivity contribution in [1.82, 2.24) is 0 Å². The van der Waals surface area contributed by atoms with E-state index < -0.39 is 0 Å². The maximum absolute atomic E-state index is 5.93. The molecule has 0 N–H and O–H groups in total. The van der Waals surface area contributed by atoms with Crippen molar-refractivity contribution in [3.8, 4) is 5.75 Å². The fourth-order valence-corrected chi connectivity index (χ4v) is 4.14. The molecule has 26 heavy (non-hydrogen) atoms. The first-order valence-corrected chi connectivity index (χ1v) is 9.83. The van der Waals surface area contributed by atoms with E-state index in [-0.39, 0.29) is 12.2 Å². The Bertz CT molecular complexity index is 791. The number of methoxy groups -OCH3 is 1. The van der Waals surface area contributed by atoms with Crippen LogP contribution >= 0.6 is 8.58 Å². The molecule has 140 valence electrons. The molecule has 0 saturated heterocycles. The van der Waals surface area contributed by atoms with Crippen molar-refractivity contribution in [2.75, 3.05) is 21.0 Å². The van der Waals surface area contributed by atoms with Crippen LogP contribution in [-0.4, -0.2) is 27.2 Å². The van der Waals surface area contributed by atoms with Gasteiger partial charge in [-0.2, -0.15) is 0 Å². The van der Waals surface area contributed by atoms with Crippen molar-refractivity contribution in [3.05, 3.63) is 52.6 Å². The summed E-state index contributed by atoms with van der Waals surface area (Å²) in [5.74, 6) is 0.929. The molecule has 2 aromatic rings. The minimum absolute atomic E-state index is 0.0881. The first-order valence-electron chi connectivity index (χ1n) is 8.83. The van der Waals surface area contributed by atoms with Crippen molar-refractivity contribution < 1.29 is 9.47 Å². The second-order valence-corrected chi connectivity index (χ2v) is 8.90. The highest BCUT2D eigenvalue weighted by atomic mass is 31.1. The lowest BCUT2D eigenvalue weighted by molar-refractivity contribution is 0.0514.